The van der Waals surface area contributed by atoms with Gasteiger partial charge in [-0.1, -0.05) is 6.07 Å². The van der Waals surface area contributed by atoms with Crippen LogP contribution in [0.25, 0.3) is 0 Å². The smallest absolute Gasteiger partial charge is 0.255 e. The molecule has 0 radical (unpaired) electrons. The highest BCUT2D eigenvalue weighted by Crippen LogP contribution is 2.26. The molecule has 0 spiro atoms. The number of carbonyl (C=O) groups is 1. The number of anilines is 1. The summed E-state index contributed by atoms with van der Waals surface area (Å²) in [5.74, 6) is 1.23. The van der Waals surface area contributed by atoms with E-state index in [0.717, 1.165) is 10.2 Å². The molecule has 0 fully saturated rings. The van der Waals surface area contributed by atoms with Gasteiger partial charge in [0, 0.05) is 17.3 Å². The normalized spacial score (nSPS) is 10.0. The van der Waals surface area contributed by atoms with E-state index in [1.165, 1.54) is 0 Å². The first kappa shape index (κ1) is 15.4. The van der Waals surface area contributed by atoms with Gasteiger partial charge in [0.15, 0.2) is 0 Å². The van der Waals surface area contributed by atoms with Gasteiger partial charge in [-0.3, -0.25) is 4.79 Å². The Labute approximate surface area is 132 Å². The number of rotatable bonds is 5. The van der Waals surface area contributed by atoms with Crippen molar-refractivity contribution < 1.29 is 14.3 Å². The minimum atomic E-state index is -0.188. The fraction of sp³-hybridized carbons (Fsp3) is 0.188. The van der Waals surface area contributed by atoms with E-state index in [1.54, 1.807) is 31.4 Å². The Morgan fingerprint density at radius 3 is 2.71 bits per heavy atom. The number of hydrogen-bond donors (Lipinski definition) is 1. The second-order valence-corrected chi connectivity index (χ2v) is 5.12. The molecule has 0 aliphatic heterocycles. The number of methoxy groups -OCH3 is 1. The molecule has 0 aromatic heterocycles. The van der Waals surface area contributed by atoms with Gasteiger partial charge in [-0.05, 0) is 53.2 Å². The number of carbonyl (C=O) groups excluding carboxylic acids is 1. The van der Waals surface area contributed by atoms with Crippen LogP contribution in [0.15, 0.2) is 46.9 Å². The van der Waals surface area contributed by atoms with E-state index in [9.17, 15) is 4.79 Å². The summed E-state index contributed by atoms with van der Waals surface area (Å²) < 4.78 is 11.3. The van der Waals surface area contributed by atoms with Gasteiger partial charge in [0.2, 0.25) is 0 Å². The van der Waals surface area contributed by atoms with Gasteiger partial charge in [-0.2, -0.15) is 0 Å². The first-order valence-corrected chi connectivity index (χ1v) is 7.31. The largest absolute Gasteiger partial charge is 0.497 e. The zero-order valence-corrected chi connectivity index (χ0v) is 13.4. The molecular weight excluding hydrogens is 334 g/mol. The SMILES string of the molecule is CCOc1ccc(C(=O)Nc2cccc(OC)c2)cc1Br. The van der Waals surface area contributed by atoms with E-state index in [2.05, 4.69) is 21.2 Å². The van der Waals surface area contributed by atoms with E-state index in [4.69, 9.17) is 9.47 Å². The van der Waals surface area contributed by atoms with E-state index in [-0.39, 0.29) is 5.91 Å². The van der Waals surface area contributed by atoms with Gasteiger partial charge in [0.25, 0.3) is 5.91 Å². The third-order valence-corrected chi connectivity index (χ3v) is 3.44. The predicted octanol–water partition coefficient (Wildman–Crippen LogP) is 4.11. The lowest BCUT2D eigenvalue weighted by Gasteiger charge is -2.09. The Balaban J connectivity index is 2.14. The molecule has 1 N–H and O–H groups in total. The minimum Gasteiger partial charge on any atom is -0.497 e. The molecule has 5 heteroatoms. The van der Waals surface area contributed by atoms with Crippen LogP contribution < -0.4 is 14.8 Å². The van der Waals surface area contributed by atoms with Crippen molar-refractivity contribution in [2.45, 2.75) is 6.92 Å². The number of benzene rings is 2. The third-order valence-electron chi connectivity index (χ3n) is 2.82. The quantitative estimate of drug-likeness (QED) is 0.883. The van der Waals surface area contributed by atoms with Crippen molar-refractivity contribution in [3.8, 4) is 11.5 Å². The molecule has 0 saturated heterocycles. The van der Waals surface area contributed by atoms with E-state index in [0.29, 0.717) is 23.6 Å². The first-order chi connectivity index (χ1) is 10.1. The molecule has 2 aromatic rings. The van der Waals surface area contributed by atoms with Crippen molar-refractivity contribution >= 4 is 27.5 Å². The summed E-state index contributed by atoms with van der Waals surface area (Å²) in [6.07, 6.45) is 0. The van der Waals surface area contributed by atoms with Gasteiger partial charge in [0.05, 0.1) is 18.2 Å². The number of ether oxygens (including phenoxy) is 2. The summed E-state index contributed by atoms with van der Waals surface area (Å²) >= 11 is 3.40. The van der Waals surface area contributed by atoms with Gasteiger partial charge in [0.1, 0.15) is 11.5 Å². The predicted molar refractivity (Wildman–Crippen MR) is 86.3 cm³/mol. The molecule has 0 aliphatic rings. The van der Waals surface area contributed by atoms with Crippen LogP contribution in [-0.4, -0.2) is 19.6 Å². The number of halogens is 1. The molecule has 1 amide bonds. The molecule has 0 atom stereocenters. The topological polar surface area (TPSA) is 47.6 Å². The highest BCUT2D eigenvalue weighted by molar-refractivity contribution is 9.10. The lowest BCUT2D eigenvalue weighted by Crippen LogP contribution is -2.12. The molecule has 21 heavy (non-hydrogen) atoms. The highest BCUT2D eigenvalue weighted by atomic mass is 79.9. The lowest BCUT2D eigenvalue weighted by molar-refractivity contribution is 0.102. The van der Waals surface area contributed by atoms with Crippen LogP contribution in [0.4, 0.5) is 5.69 Å². The molecular formula is C16H16BrNO3. The maximum atomic E-state index is 12.2. The second-order valence-electron chi connectivity index (χ2n) is 4.26. The van der Waals surface area contributed by atoms with Crippen molar-refractivity contribution in [2.75, 3.05) is 19.0 Å². The number of hydrogen-bond acceptors (Lipinski definition) is 3. The summed E-state index contributed by atoms with van der Waals surface area (Å²) in [4.78, 5) is 12.2. The summed E-state index contributed by atoms with van der Waals surface area (Å²) in [5.41, 5.74) is 1.23. The molecule has 0 saturated carbocycles. The zero-order valence-electron chi connectivity index (χ0n) is 11.9. The Morgan fingerprint density at radius 1 is 1.24 bits per heavy atom. The summed E-state index contributed by atoms with van der Waals surface area (Å²) in [6.45, 7) is 2.49. The monoisotopic (exact) mass is 349 g/mol. The molecule has 2 aromatic carbocycles. The summed E-state index contributed by atoms with van der Waals surface area (Å²) in [6, 6.07) is 12.5. The standard InChI is InChI=1S/C16H16BrNO3/c1-3-21-15-8-7-11(9-14(15)17)16(19)18-12-5-4-6-13(10-12)20-2/h4-10H,3H2,1-2H3,(H,18,19). The van der Waals surface area contributed by atoms with Crippen LogP contribution >= 0.6 is 15.9 Å². The summed E-state index contributed by atoms with van der Waals surface area (Å²) in [7, 11) is 1.59. The maximum absolute atomic E-state index is 12.2. The molecule has 110 valence electrons. The van der Waals surface area contributed by atoms with Crippen LogP contribution in [0.3, 0.4) is 0 Å². The molecule has 0 bridgehead atoms. The van der Waals surface area contributed by atoms with E-state index < -0.39 is 0 Å². The molecule has 0 aliphatic carbocycles. The van der Waals surface area contributed by atoms with Crippen molar-refractivity contribution in [2.24, 2.45) is 0 Å². The van der Waals surface area contributed by atoms with Crippen molar-refractivity contribution in [3.05, 3.63) is 52.5 Å². The Bertz CT molecular complexity index is 643. The molecule has 2 rings (SSSR count). The van der Waals surface area contributed by atoms with Gasteiger partial charge in [-0.25, -0.2) is 0 Å². The van der Waals surface area contributed by atoms with Crippen LogP contribution in [0.2, 0.25) is 0 Å². The fourth-order valence-corrected chi connectivity index (χ4v) is 2.31. The van der Waals surface area contributed by atoms with Crippen LogP contribution in [0.5, 0.6) is 11.5 Å². The number of nitrogens with one attached hydrogen (secondary N) is 1. The van der Waals surface area contributed by atoms with Gasteiger partial charge >= 0.3 is 0 Å². The lowest BCUT2D eigenvalue weighted by atomic mass is 10.2. The molecule has 0 unspecified atom stereocenters. The maximum Gasteiger partial charge on any atom is 0.255 e. The van der Waals surface area contributed by atoms with E-state index in [1.807, 2.05) is 25.1 Å². The average Bonchev–Trinajstić information content (AvgIpc) is 2.49. The fourth-order valence-electron chi connectivity index (χ4n) is 1.82. The van der Waals surface area contributed by atoms with Crippen LogP contribution in [0, 0.1) is 0 Å². The Morgan fingerprint density at radius 2 is 2.05 bits per heavy atom. The van der Waals surface area contributed by atoms with Crippen molar-refractivity contribution in [1.82, 2.24) is 0 Å². The average molecular weight is 350 g/mol. The number of amides is 1. The molecule has 4 nitrogen and oxygen atoms in total. The molecule has 0 heterocycles. The third kappa shape index (κ3) is 3.98. The zero-order chi connectivity index (χ0) is 15.2. The second kappa shape index (κ2) is 7.13. The Kier molecular flexibility index (Phi) is 5.22. The summed E-state index contributed by atoms with van der Waals surface area (Å²) in [5, 5.41) is 2.83. The van der Waals surface area contributed by atoms with Crippen molar-refractivity contribution in [1.29, 1.82) is 0 Å². The van der Waals surface area contributed by atoms with E-state index >= 15 is 0 Å². The van der Waals surface area contributed by atoms with Gasteiger partial charge in [-0.15, -0.1) is 0 Å². The van der Waals surface area contributed by atoms with Crippen molar-refractivity contribution in [3.63, 3.8) is 0 Å². The minimum absolute atomic E-state index is 0.188. The highest BCUT2D eigenvalue weighted by Gasteiger charge is 2.09. The van der Waals surface area contributed by atoms with Crippen LogP contribution in [0.1, 0.15) is 17.3 Å². The van der Waals surface area contributed by atoms with Crippen LogP contribution in [-0.2, 0) is 0 Å². The van der Waals surface area contributed by atoms with Gasteiger partial charge < -0.3 is 14.8 Å². The first-order valence-electron chi connectivity index (χ1n) is 6.51. The Hall–Kier alpha value is -2.01.